The van der Waals surface area contributed by atoms with Gasteiger partial charge in [0.1, 0.15) is 11.5 Å². The Morgan fingerprint density at radius 2 is 2.17 bits per heavy atom. The molecule has 0 spiro atoms. The molecule has 2 rings (SSSR count). The first kappa shape index (κ1) is 12.5. The van der Waals surface area contributed by atoms with Gasteiger partial charge in [-0.05, 0) is 31.2 Å². The van der Waals surface area contributed by atoms with E-state index in [2.05, 4.69) is 5.32 Å². The highest BCUT2D eigenvalue weighted by Crippen LogP contribution is 2.22. The van der Waals surface area contributed by atoms with Gasteiger partial charge in [-0.15, -0.1) is 0 Å². The number of furan rings is 1. The van der Waals surface area contributed by atoms with Crippen molar-refractivity contribution in [3.8, 4) is 0 Å². The minimum atomic E-state index is -0.277. The Hall–Kier alpha value is -1.94. The van der Waals surface area contributed by atoms with Crippen LogP contribution in [0.1, 0.15) is 21.9 Å². The summed E-state index contributed by atoms with van der Waals surface area (Å²) in [6.07, 6.45) is 0. The third-order valence-electron chi connectivity index (χ3n) is 2.49. The lowest BCUT2D eigenvalue weighted by Crippen LogP contribution is -2.23. The summed E-state index contributed by atoms with van der Waals surface area (Å²) >= 11 is 5.96. The minimum absolute atomic E-state index is 0.269. The fourth-order valence-electron chi connectivity index (χ4n) is 1.57. The molecule has 0 aliphatic carbocycles. The van der Waals surface area contributed by atoms with E-state index in [0.717, 1.165) is 5.76 Å². The van der Waals surface area contributed by atoms with Crippen molar-refractivity contribution < 1.29 is 9.21 Å². The van der Waals surface area contributed by atoms with Crippen molar-refractivity contribution >= 4 is 23.2 Å². The third-order valence-corrected chi connectivity index (χ3v) is 2.91. The summed E-state index contributed by atoms with van der Waals surface area (Å²) in [5, 5.41) is 2.99. The lowest BCUT2D eigenvalue weighted by Gasteiger charge is -2.06. The Morgan fingerprint density at radius 3 is 2.83 bits per heavy atom. The van der Waals surface area contributed by atoms with Crippen molar-refractivity contribution in [2.75, 3.05) is 5.73 Å². The van der Waals surface area contributed by atoms with Crippen molar-refractivity contribution in [1.82, 2.24) is 5.32 Å². The molecule has 1 aromatic carbocycles. The van der Waals surface area contributed by atoms with E-state index in [4.69, 9.17) is 21.8 Å². The van der Waals surface area contributed by atoms with Crippen molar-refractivity contribution in [2.24, 2.45) is 0 Å². The Balaban J connectivity index is 2.06. The second-order valence-corrected chi connectivity index (χ2v) is 4.28. The normalized spacial score (nSPS) is 10.3. The molecule has 0 saturated heterocycles. The summed E-state index contributed by atoms with van der Waals surface area (Å²) in [6.45, 7) is 2.16. The van der Waals surface area contributed by atoms with Gasteiger partial charge < -0.3 is 15.5 Å². The predicted octanol–water partition coefficient (Wildman–Crippen LogP) is 2.75. The van der Waals surface area contributed by atoms with Crippen molar-refractivity contribution in [3.05, 3.63) is 52.4 Å². The van der Waals surface area contributed by atoms with E-state index in [1.807, 2.05) is 19.1 Å². The molecule has 5 heteroatoms. The molecule has 18 heavy (non-hydrogen) atoms. The van der Waals surface area contributed by atoms with Gasteiger partial charge in [-0.3, -0.25) is 4.79 Å². The molecule has 3 N–H and O–H groups in total. The number of anilines is 1. The molecule has 94 valence electrons. The highest BCUT2D eigenvalue weighted by atomic mass is 35.5. The van der Waals surface area contributed by atoms with Crippen LogP contribution >= 0.6 is 11.6 Å². The Bertz CT molecular complexity index is 578. The van der Waals surface area contributed by atoms with Crippen LogP contribution in [0.3, 0.4) is 0 Å². The van der Waals surface area contributed by atoms with E-state index < -0.39 is 0 Å². The smallest absolute Gasteiger partial charge is 0.253 e. The first-order valence-electron chi connectivity index (χ1n) is 5.45. The van der Waals surface area contributed by atoms with Gasteiger partial charge in [0.15, 0.2) is 0 Å². The summed E-state index contributed by atoms with van der Waals surface area (Å²) in [4.78, 5) is 11.9. The Morgan fingerprint density at radius 1 is 1.39 bits per heavy atom. The number of nitrogen functional groups attached to an aromatic ring is 1. The van der Waals surface area contributed by atoms with Crippen molar-refractivity contribution in [1.29, 1.82) is 0 Å². The maximum absolute atomic E-state index is 11.9. The summed E-state index contributed by atoms with van der Waals surface area (Å²) in [5.74, 6) is 1.23. The van der Waals surface area contributed by atoms with Gasteiger partial charge in [0.25, 0.3) is 5.91 Å². The second kappa shape index (κ2) is 5.14. The van der Waals surface area contributed by atoms with E-state index in [9.17, 15) is 4.79 Å². The number of hydrogen-bond donors (Lipinski definition) is 2. The molecule has 0 aliphatic heterocycles. The maximum atomic E-state index is 11.9. The van der Waals surface area contributed by atoms with E-state index in [1.165, 1.54) is 0 Å². The third kappa shape index (κ3) is 2.65. The molecule has 4 nitrogen and oxygen atoms in total. The molecule has 1 amide bonds. The van der Waals surface area contributed by atoms with Gasteiger partial charge in [0.05, 0.1) is 22.8 Å². The quantitative estimate of drug-likeness (QED) is 0.838. The zero-order valence-corrected chi connectivity index (χ0v) is 10.6. The summed E-state index contributed by atoms with van der Waals surface area (Å²) in [7, 11) is 0. The summed E-state index contributed by atoms with van der Waals surface area (Å²) in [5.41, 5.74) is 6.39. The number of carbonyl (C=O) groups is 1. The molecule has 0 aliphatic rings. The fraction of sp³-hybridized carbons (Fsp3) is 0.154. The van der Waals surface area contributed by atoms with Crippen LogP contribution in [0.5, 0.6) is 0 Å². The van der Waals surface area contributed by atoms with Crippen molar-refractivity contribution in [2.45, 2.75) is 13.5 Å². The van der Waals surface area contributed by atoms with E-state index >= 15 is 0 Å². The Labute approximate surface area is 110 Å². The zero-order chi connectivity index (χ0) is 13.1. The summed E-state index contributed by atoms with van der Waals surface area (Å²) in [6, 6.07) is 8.62. The van der Waals surface area contributed by atoms with Gasteiger partial charge in [-0.1, -0.05) is 17.7 Å². The number of aryl methyl sites for hydroxylation is 1. The molecule has 1 aromatic heterocycles. The van der Waals surface area contributed by atoms with Crippen LogP contribution in [0.4, 0.5) is 5.69 Å². The number of amides is 1. The van der Waals surface area contributed by atoms with Gasteiger partial charge in [0, 0.05) is 0 Å². The van der Waals surface area contributed by atoms with Crippen LogP contribution < -0.4 is 11.1 Å². The van der Waals surface area contributed by atoms with Crippen LogP contribution in [0.25, 0.3) is 0 Å². The van der Waals surface area contributed by atoms with Crippen LogP contribution in [-0.2, 0) is 6.54 Å². The first-order valence-corrected chi connectivity index (χ1v) is 5.83. The average molecular weight is 265 g/mol. The molecule has 0 bridgehead atoms. The predicted molar refractivity (Wildman–Crippen MR) is 70.5 cm³/mol. The maximum Gasteiger partial charge on any atom is 0.253 e. The number of benzene rings is 1. The number of hydrogen-bond acceptors (Lipinski definition) is 3. The molecular weight excluding hydrogens is 252 g/mol. The molecular formula is C13H13ClN2O2. The van der Waals surface area contributed by atoms with Crippen LogP contribution in [-0.4, -0.2) is 5.91 Å². The average Bonchev–Trinajstić information content (AvgIpc) is 2.76. The minimum Gasteiger partial charge on any atom is -0.465 e. The van der Waals surface area contributed by atoms with Gasteiger partial charge in [-0.2, -0.15) is 0 Å². The molecule has 0 unspecified atom stereocenters. The van der Waals surface area contributed by atoms with E-state index in [0.29, 0.717) is 23.6 Å². The number of nitrogens with one attached hydrogen (secondary N) is 1. The van der Waals surface area contributed by atoms with E-state index in [1.54, 1.807) is 18.2 Å². The Kier molecular flexibility index (Phi) is 3.58. The molecule has 0 radical (unpaired) electrons. The lowest BCUT2D eigenvalue weighted by molar-refractivity contribution is 0.0948. The largest absolute Gasteiger partial charge is 0.465 e. The molecule has 0 fully saturated rings. The monoisotopic (exact) mass is 264 g/mol. The van der Waals surface area contributed by atoms with Crippen LogP contribution in [0.2, 0.25) is 5.02 Å². The second-order valence-electron chi connectivity index (χ2n) is 3.90. The molecule has 1 heterocycles. The zero-order valence-electron chi connectivity index (χ0n) is 9.87. The number of nitrogens with two attached hydrogens (primary N) is 1. The van der Waals surface area contributed by atoms with Gasteiger partial charge in [-0.25, -0.2) is 0 Å². The van der Waals surface area contributed by atoms with Gasteiger partial charge >= 0.3 is 0 Å². The molecule has 0 saturated carbocycles. The standard InChI is InChI=1S/C13H13ClN2O2/c1-8-5-6-9(18-8)7-16-13(17)10-3-2-4-11(15)12(10)14/h2-6H,7,15H2,1H3,(H,16,17). The lowest BCUT2D eigenvalue weighted by atomic mass is 10.2. The van der Waals surface area contributed by atoms with E-state index in [-0.39, 0.29) is 10.9 Å². The van der Waals surface area contributed by atoms with Gasteiger partial charge in [0.2, 0.25) is 0 Å². The summed E-state index contributed by atoms with van der Waals surface area (Å²) < 4.78 is 5.35. The fourth-order valence-corrected chi connectivity index (χ4v) is 1.78. The highest BCUT2D eigenvalue weighted by Gasteiger charge is 2.12. The highest BCUT2D eigenvalue weighted by molar-refractivity contribution is 6.36. The first-order chi connectivity index (χ1) is 8.58. The SMILES string of the molecule is Cc1ccc(CNC(=O)c2cccc(N)c2Cl)o1. The molecule has 0 atom stereocenters. The number of halogens is 1. The van der Waals surface area contributed by atoms with Crippen LogP contribution in [0, 0.1) is 6.92 Å². The number of carbonyl (C=O) groups excluding carboxylic acids is 1. The van der Waals surface area contributed by atoms with Crippen molar-refractivity contribution in [3.63, 3.8) is 0 Å². The molecule has 2 aromatic rings. The topological polar surface area (TPSA) is 68.3 Å². The number of rotatable bonds is 3. The van der Waals surface area contributed by atoms with Crippen LogP contribution in [0.15, 0.2) is 34.7 Å².